The summed E-state index contributed by atoms with van der Waals surface area (Å²) in [5, 5.41) is 0. The lowest BCUT2D eigenvalue weighted by Crippen LogP contribution is -2.26. The van der Waals surface area contributed by atoms with Gasteiger partial charge in [-0.1, -0.05) is 36.9 Å². The Kier molecular flexibility index (Phi) is 2.74. The van der Waals surface area contributed by atoms with Crippen LogP contribution in [-0.4, -0.2) is 18.5 Å². The monoisotopic (exact) mass is 199 g/mol. The fourth-order valence-corrected chi connectivity index (χ4v) is 2.27. The van der Waals surface area contributed by atoms with Gasteiger partial charge in [0.1, 0.15) is 0 Å². The molecule has 2 rings (SSSR count). The Morgan fingerprint density at radius 1 is 1.33 bits per heavy atom. The zero-order chi connectivity index (χ0) is 10.8. The Hall–Kier alpha value is -1.34. The summed E-state index contributed by atoms with van der Waals surface area (Å²) in [5.41, 5.74) is 5.48. The summed E-state index contributed by atoms with van der Waals surface area (Å²) >= 11 is 0. The highest BCUT2D eigenvalue weighted by Gasteiger charge is 2.18. The molecule has 78 valence electrons. The minimum absolute atomic E-state index is 1.04. The number of fused-ring (bicyclic) bond motifs is 1. The standard InChI is InChI=1S/C14H17N/c1-4-11-7-6-8-13-10-15(3)9-12(5-2)14(11)13/h4-8H,1,9-10H2,2-3H3/b12-5-. The zero-order valence-corrected chi connectivity index (χ0v) is 9.46. The van der Waals surface area contributed by atoms with Gasteiger partial charge < -0.3 is 0 Å². The smallest absolute Gasteiger partial charge is 0.0240 e. The summed E-state index contributed by atoms with van der Waals surface area (Å²) in [6.07, 6.45) is 4.16. The van der Waals surface area contributed by atoms with Gasteiger partial charge in [0.15, 0.2) is 0 Å². The van der Waals surface area contributed by atoms with Crippen LogP contribution in [0, 0.1) is 0 Å². The molecule has 0 unspecified atom stereocenters. The van der Waals surface area contributed by atoms with Gasteiger partial charge >= 0.3 is 0 Å². The first-order chi connectivity index (χ1) is 7.26. The van der Waals surface area contributed by atoms with E-state index in [1.165, 1.54) is 22.3 Å². The van der Waals surface area contributed by atoms with Crippen molar-refractivity contribution in [2.24, 2.45) is 0 Å². The van der Waals surface area contributed by atoms with E-state index in [9.17, 15) is 0 Å². The van der Waals surface area contributed by atoms with Crippen LogP contribution in [0.1, 0.15) is 23.6 Å². The van der Waals surface area contributed by atoms with Crippen LogP contribution in [0.15, 0.2) is 30.9 Å². The van der Waals surface area contributed by atoms with Gasteiger partial charge in [0, 0.05) is 13.1 Å². The molecule has 1 nitrogen and oxygen atoms in total. The maximum atomic E-state index is 3.89. The summed E-state index contributed by atoms with van der Waals surface area (Å²) in [4.78, 5) is 2.34. The lowest BCUT2D eigenvalue weighted by Gasteiger charge is -2.28. The normalized spacial score (nSPS) is 18.9. The minimum Gasteiger partial charge on any atom is -0.298 e. The highest BCUT2D eigenvalue weighted by Crippen LogP contribution is 2.30. The highest BCUT2D eigenvalue weighted by molar-refractivity contribution is 5.78. The lowest BCUT2D eigenvalue weighted by atomic mass is 9.90. The average Bonchev–Trinajstić information content (AvgIpc) is 2.26. The highest BCUT2D eigenvalue weighted by atomic mass is 15.1. The van der Waals surface area contributed by atoms with Crippen molar-refractivity contribution in [1.82, 2.24) is 4.90 Å². The largest absolute Gasteiger partial charge is 0.298 e. The van der Waals surface area contributed by atoms with Gasteiger partial charge in [-0.25, -0.2) is 0 Å². The van der Waals surface area contributed by atoms with Crippen molar-refractivity contribution in [3.05, 3.63) is 47.5 Å². The van der Waals surface area contributed by atoms with Gasteiger partial charge in [0.2, 0.25) is 0 Å². The molecule has 1 aliphatic heterocycles. The predicted molar refractivity (Wildman–Crippen MR) is 66.5 cm³/mol. The molecule has 0 fully saturated rings. The van der Waals surface area contributed by atoms with E-state index in [1.807, 2.05) is 6.08 Å². The third-order valence-corrected chi connectivity index (χ3v) is 2.95. The molecule has 15 heavy (non-hydrogen) atoms. The fourth-order valence-electron chi connectivity index (χ4n) is 2.27. The quantitative estimate of drug-likeness (QED) is 0.671. The van der Waals surface area contributed by atoms with Crippen molar-refractivity contribution in [3.8, 4) is 0 Å². The second kappa shape index (κ2) is 4.03. The van der Waals surface area contributed by atoms with Crippen LogP contribution in [0.4, 0.5) is 0 Å². The second-order valence-electron chi connectivity index (χ2n) is 4.07. The summed E-state index contributed by atoms with van der Waals surface area (Å²) in [6.45, 7) is 8.07. The average molecular weight is 199 g/mol. The molecule has 0 spiro atoms. The fraction of sp³-hybridized carbons (Fsp3) is 0.286. The number of likely N-dealkylation sites (N-methyl/N-ethyl adjacent to an activating group) is 1. The second-order valence-corrected chi connectivity index (χ2v) is 4.07. The number of allylic oxidation sites excluding steroid dienone is 1. The Labute approximate surface area is 91.7 Å². The van der Waals surface area contributed by atoms with Crippen LogP contribution in [0.25, 0.3) is 11.6 Å². The number of rotatable bonds is 1. The van der Waals surface area contributed by atoms with E-state index in [0.717, 1.165) is 13.1 Å². The van der Waals surface area contributed by atoms with Crippen LogP contribution in [0.2, 0.25) is 0 Å². The van der Waals surface area contributed by atoms with Gasteiger partial charge in [0.05, 0.1) is 0 Å². The summed E-state index contributed by atoms with van der Waals surface area (Å²) in [5.74, 6) is 0. The molecule has 0 saturated carbocycles. The van der Waals surface area contributed by atoms with Gasteiger partial charge in [-0.15, -0.1) is 0 Å². The Morgan fingerprint density at radius 2 is 2.13 bits per heavy atom. The van der Waals surface area contributed by atoms with E-state index < -0.39 is 0 Å². The van der Waals surface area contributed by atoms with E-state index in [0.29, 0.717) is 0 Å². The van der Waals surface area contributed by atoms with Crippen LogP contribution in [-0.2, 0) is 6.54 Å². The molecule has 0 saturated heterocycles. The molecule has 1 heterocycles. The van der Waals surface area contributed by atoms with E-state index in [4.69, 9.17) is 0 Å². The van der Waals surface area contributed by atoms with E-state index in [2.05, 4.69) is 49.7 Å². The first-order valence-electron chi connectivity index (χ1n) is 5.34. The van der Waals surface area contributed by atoms with Crippen molar-refractivity contribution < 1.29 is 0 Å². The number of hydrogen-bond donors (Lipinski definition) is 0. The molecule has 1 aliphatic rings. The van der Waals surface area contributed by atoms with Crippen LogP contribution >= 0.6 is 0 Å². The Bertz CT molecular complexity index is 415. The molecule has 0 radical (unpaired) electrons. The first kappa shape index (κ1) is 10.2. The van der Waals surface area contributed by atoms with Crippen molar-refractivity contribution >= 4 is 11.6 Å². The number of nitrogens with zero attached hydrogens (tertiary/aromatic N) is 1. The van der Waals surface area contributed by atoms with Gasteiger partial charge in [-0.3, -0.25) is 4.90 Å². The molecular weight excluding hydrogens is 182 g/mol. The van der Waals surface area contributed by atoms with E-state index in [-0.39, 0.29) is 0 Å². The minimum atomic E-state index is 1.04. The zero-order valence-electron chi connectivity index (χ0n) is 9.46. The number of hydrogen-bond acceptors (Lipinski definition) is 1. The van der Waals surface area contributed by atoms with Crippen molar-refractivity contribution in [2.75, 3.05) is 13.6 Å². The van der Waals surface area contributed by atoms with Crippen molar-refractivity contribution in [1.29, 1.82) is 0 Å². The van der Waals surface area contributed by atoms with E-state index in [1.54, 1.807) is 0 Å². The maximum absolute atomic E-state index is 3.89. The maximum Gasteiger partial charge on any atom is 0.0240 e. The van der Waals surface area contributed by atoms with Gasteiger partial charge in [-0.05, 0) is 36.2 Å². The van der Waals surface area contributed by atoms with Crippen LogP contribution in [0.3, 0.4) is 0 Å². The number of benzene rings is 1. The summed E-state index contributed by atoms with van der Waals surface area (Å²) in [6, 6.07) is 6.46. The third-order valence-electron chi connectivity index (χ3n) is 2.95. The summed E-state index contributed by atoms with van der Waals surface area (Å²) in [7, 11) is 2.16. The van der Waals surface area contributed by atoms with Gasteiger partial charge in [-0.2, -0.15) is 0 Å². The van der Waals surface area contributed by atoms with Crippen molar-refractivity contribution in [3.63, 3.8) is 0 Å². The molecule has 0 aliphatic carbocycles. The summed E-state index contributed by atoms with van der Waals surface area (Å²) < 4.78 is 0. The molecule has 1 heteroatoms. The SMILES string of the molecule is C=Cc1cccc2c1/C(=C\C)CN(C)C2. The molecule has 0 aromatic heterocycles. The first-order valence-corrected chi connectivity index (χ1v) is 5.34. The molecule has 1 aromatic carbocycles. The molecule has 1 aromatic rings. The molecule has 0 atom stereocenters. The van der Waals surface area contributed by atoms with E-state index >= 15 is 0 Å². The van der Waals surface area contributed by atoms with Crippen molar-refractivity contribution in [2.45, 2.75) is 13.5 Å². The Balaban J connectivity index is 2.61. The molecule has 0 bridgehead atoms. The van der Waals surface area contributed by atoms with Crippen LogP contribution < -0.4 is 0 Å². The molecular formula is C14H17N. The lowest BCUT2D eigenvalue weighted by molar-refractivity contribution is 0.359. The third kappa shape index (κ3) is 1.75. The Morgan fingerprint density at radius 3 is 2.80 bits per heavy atom. The predicted octanol–water partition coefficient (Wildman–Crippen LogP) is 3.18. The molecule has 0 N–H and O–H groups in total. The van der Waals surface area contributed by atoms with Gasteiger partial charge in [0.25, 0.3) is 0 Å². The molecule has 0 amide bonds. The topological polar surface area (TPSA) is 3.24 Å². The van der Waals surface area contributed by atoms with Crippen LogP contribution in [0.5, 0.6) is 0 Å².